The number of hydrogen-bond donors (Lipinski definition) is 0. The Bertz CT molecular complexity index is 1400. The lowest BCUT2D eigenvalue weighted by atomic mass is 10.1. The van der Waals surface area contributed by atoms with Gasteiger partial charge in [0.05, 0.1) is 28.2 Å². The fraction of sp³-hybridized carbons (Fsp3) is 0.136. The molecule has 0 aliphatic rings. The summed E-state index contributed by atoms with van der Waals surface area (Å²) in [6.45, 7) is 1.99. The summed E-state index contributed by atoms with van der Waals surface area (Å²) in [5.41, 5.74) is 3.73. The summed E-state index contributed by atoms with van der Waals surface area (Å²) in [4.78, 5) is 25.5. The molecule has 0 radical (unpaired) electrons. The molecule has 0 unspecified atom stereocenters. The molecule has 2 heterocycles. The SMILES string of the molecule is Cc1cccc(-c2c3c(=O)n(C)c(=O)n(C)c3cn2-c2cccc(C#N)c2)c1. The van der Waals surface area contributed by atoms with Crippen LogP contribution in [0.3, 0.4) is 0 Å². The average Bonchev–Trinajstić information content (AvgIpc) is 3.11. The third-order valence-corrected chi connectivity index (χ3v) is 4.98. The molecule has 0 atom stereocenters. The van der Waals surface area contributed by atoms with Crippen LogP contribution in [0.15, 0.2) is 64.3 Å². The number of nitrogens with zero attached hydrogens (tertiary/aromatic N) is 4. The van der Waals surface area contributed by atoms with E-state index in [1.807, 2.05) is 41.8 Å². The Morgan fingerprint density at radius 3 is 2.43 bits per heavy atom. The van der Waals surface area contributed by atoms with Crippen LogP contribution in [-0.4, -0.2) is 13.7 Å². The molecule has 28 heavy (non-hydrogen) atoms. The summed E-state index contributed by atoms with van der Waals surface area (Å²) in [5, 5.41) is 9.74. The van der Waals surface area contributed by atoms with Crippen LogP contribution in [0.4, 0.5) is 0 Å². The van der Waals surface area contributed by atoms with E-state index in [1.165, 1.54) is 11.6 Å². The average molecular weight is 370 g/mol. The molecule has 0 saturated carbocycles. The molecule has 0 N–H and O–H groups in total. The highest BCUT2D eigenvalue weighted by Gasteiger charge is 2.20. The maximum atomic E-state index is 13.0. The number of benzene rings is 2. The van der Waals surface area contributed by atoms with E-state index in [2.05, 4.69) is 6.07 Å². The topological polar surface area (TPSA) is 72.7 Å². The second kappa shape index (κ2) is 6.39. The van der Waals surface area contributed by atoms with Gasteiger partial charge in [-0.1, -0.05) is 29.8 Å². The van der Waals surface area contributed by atoms with Crippen LogP contribution in [0.2, 0.25) is 0 Å². The molecule has 138 valence electrons. The summed E-state index contributed by atoms with van der Waals surface area (Å²) >= 11 is 0. The lowest BCUT2D eigenvalue weighted by Gasteiger charge is -2.11. The van der Waals surface area contributed by atoms with E-state index in [0.29, 0.717) is 22.2 Å². The van der Waals surface area contributed by atoms with Crippen molar-refractivity contribution >= 4 is 10.9 Å². The molecule has 0 aliphatic heterocycles. The molecule has 2 aromatic heterocycles. The van der Waals surface area contributed by atoms with E-state index in [1.54, 1.807) is 31.4 Å². The highest BCUT2D eigenvalue weighted by molar-refractivity contribution is 5.94. The van der Waals surface area contributed by atoms with Crippen LogP contribution in [-0.2, 0) is 14.1 Å². The Hall–Kier alpha value is -3.85. The molecule has 0 aliphatic carbocycles. The molecule has 0 fully saturated rings. The predicted molar refractivity (Wildman–Crippen MR) is 109 cm³/mol. The zero-order valence-corrected chi connectivity index (χ0v) is 15.8. The summed E-state index contributed by atoms with van der Waals surface area (Å²) in [5.74, 6) is 0. The quantitative estimate of drug-likeness (QED) is 0.545. The molecule has 0 spiro atoms. The molecule has 2 aromatic carbocycles. The Balaban J connectivity index is 2.22. The summed E-state index contributed by atoms with van der Waals surface area (Å²) in [6.07, 6.45) is 1.78. The lowest BCUT2D eigenvalue weighted by Crippen LogP contribution is -2.36. The normalized spacial score (nSPS) is 10.9. The van der Waals surface area contributed by atoms with Crippen LogP contribution in [0.1, 0.15) is 11.1 Å². The van der Waals surface area contributed by atoms with Crippen LogP contribution < -0.4 is 11.2 Å². The molecular weight excluding hydrogens is 352 g/mol. The molecule has 4 aromatic rings. The van der Waals surface area contributed by atoms with Crippen molar-refractivity contribution in [3.05, 3.63) is 86.7 Å². The van der Waals surface area contributed by atoms with Crippen molar-refractivity contribution in [2.24, 2.45) is 14.1 Å². The fourth-order valence-corrected chi connectivity index (χ4v) is 3.55. The van der Waals surface area contributed by atoms with Gasteiger partial charge in [-0.25, -0.2) is 4.79 Å². The van der Waals surface area contributed by atoms with Gasteiger partial charge in [-0.15, -0.1) is 0 Å². The zero-order chi connectivity index (χ0) is 20.0. The second-order valence-corrected chi connectivity index (χ2v) is 6.85. The number of fused-ring (bicyclic) bond motifs is 1. The van der Waals surface area contributed by atoms with Gasteiger partial charge >= 0.3 is 5.69 Å². The molecule has 0 bridgehead atoms. The first-order valence-corrected chi connectivity index (χ1v) is 8.81. The Morgan fingerprint density at radius 1 is 0.964 bits per heavy atom. The maximum Gasteiger partial charge on any atom is 0.330 e. The fourth-order valence-electron chi connectivity index (χ4n) is 3.55. The van der Waals surface area contributed by atoms with Crippen molar-refractivity contribution in [1.29, 1.82) is 5.26 Å². The Kier molecular flexibility index (Phi) is 4.01. The van der Waals surface area contributed by atoms with E-state index in [4.69, 9.17) is 0 Å². The molecule has 4 rings (SSSR count). The lowest BCUT2D eigenvalue weighted by molar-refractivity contribution is 0.714. The van der Waals surface area contributed by atoms with Crippen LogP contribution in [0, 0.1) is 18.3 Å². The Morgan fingerprint density at radius 2 is 1.71 bits per heavy atom. The summed E-state index contributed by atoms with van der Waals surface area (Å²) in [7, 11) is 3.14. The van der Waals surface area contributed by atoms with Gasteiger partial charge in [0.15, 0.2) is 0 Å². The van der Waals surface area contributed by atoms with Crippen molar-refractivity contribution in [1.82, 2.24) is 13.7 Å². The smallest absolute Gasteiger partial charge is 0.314 e. The van der Waals surface area contributed by atoms with Gasteiger partial charge in [0.1, 0.15) is 0 Å². The number of aryl methyl sites for hydroxylation is 2. The van der Waals surface area contributed by atoms with Crippen molar-refractivity contribution in [2.75, 3.05) is 0 Å². The highest BCUT2D eigenvalue weighted by Crippen LogP contribution is 2.31. The van der Waals surface area contributed by atoms with Gasteiger partial charge < -0.3 is 4.57 Å². The van der Waals surface area contributed by atoms with E-state index in [0.717, 1.165) is 21.4 Å². The standard InChI is InChI=1S/C22H18N4O2/c1-14-6-4-8-16(10-14)20-19-18(24(2)22(28)25(3)21(19)27)13-26(20)17-9-5-7-15(11-17)12-23/h4-11,13H,1-3H3. The van der Waals surface area contributed by atoms with E-state index in [-0.39, 0.29) is 11.2 Å². The molecule has 6 heteroatoms. The number of rotatable bonds is 2. The minimum absolute atomic E-state index is 0.343. The van der Waals surface area contributed by atoms with Crippen molar-refractivity contribution < 1.29 is 0 Å². The summed E-state index contributed by atoms with van der Waals surface area (Å²) < 4.78 is 4.47. The largest absolute Gasteiger partial charge is 0.330 e. The van der Waals surface area contributed by atoms with Crippen LogP contribution in [0.25, 0.3) is 27.8 Å². The van der Waals surface area contributed by atoms with Gasteiger partial charge in [-0.3, -0.25) is 13.9 Å². The summed E-state index contributed by atoms with van der Waals surface area (Å²) in [6, 6.07) is 17.2. The molecule has 0 amide bonds. The minimum Gasteiger partial charge on any atom is -0.314 e. The molecular formula is C22H18N4O2. The third-order valence-electron chi connectivity index (χ3n) is 4.98. The second-order valence-electron chi connectivity index (χ2n) is 6.85. The molecule has 6 nitrogen and oxygen atoms in total. The first kappa shape index (κ1) is 17.6. The van der Waals surface area contributed by atoms with Crippen LogP contribution >= 0.6 is 0 Å². The Labute approximate surface area is 161 Å². The predicted octanol–water partition coefficient (Wildman–Crippen LogP) is 2.88. The first-order chi connectivity index (χ1) is 13.4. The zero-order valence-electron chi connectivity index (χ0n) is 15.8. The minimum atomic E-state index is -0.379. The van der Waals surface area contributed by atoms with Crippen molar-refractivity contribution in [2.45, 2.75) is 6.92 Å². The number of hydrogen-bond acceptors (Lipinski definition) is 3. The van der Waals surface area contributed by atoms with Crippen molar-refractivity contribution in [3.63, 3.8) is 0 Å². The van der Waals surface area contributed by atoms with Gasteiger partial charge in [0.2, 0.25) is 0 Å². The van der Waals surface area contributed by atoms with E-state index >= 15 is 0 Å². The van der Waals surface area contributed by atoms with E-state index in [9.17, 15) is 14.9 Å². The highest BCUT2D eigenvalue weighted by atomic mass is 16.2. The maximum absolute atomic E-state index is 13.0. The van der Waals surface area contributed by atoms with Gasteiger partial charge in [-0.05, 0) is 36.8 Å². The van der Waals surface area contributed by atoms with Gasteiger partial charge in [0, 0.05) is 26.0 Å². The van der Waals surface area contributed by atoms with Gasteiger partial charge in [-0.2, -0.15) is 5.26 Å². The monoisotopic (exact) mass is 370 g/mol. The number of aromatic nitrogens is 3. The van der Waals surface area contributed by atoms with Crippen molar-refractivity contribution in [3.8, 4) is 23.0 Å². The van der Waals surface area contributed by atoms with Gasteiger partial charge in [0.25, 0.3) is 5.56 Å². The third kappa shape index (κ3) is 2.57. The molecule has 0 saturated heterocycles. The number of nitriles is 1. The van der Waals surface area contributed by atoms with Crippen LogP contribution in [0.5, 0.6) is 0 Å². The van der Waals surface area contributed by atoms with E-state index < -0.39 is 0 Å². The first-order valence-electron chi connectivity index (χ1n) is 8.81.